The molecule has 4 heteroatoms. The van der Waals surface area contributed by atoms with Crippen LogP contribution in [0.1, 0.15) is 18.1 Å². The lowest BCUT2D eigenvalue weighted by Gasteiger charge is -2.14. The Labute approximate surface area is 169 Å². The molecule has 29 heavy (non-hydrogen) atoms. The molecule has 146 valence electrons. The highest BCUT2D eigenvalue weighted by Crippen LogP contribution is 2.34. The van der Waals surface area contributed by atoms with E-state index in [-0.39, 0.29) is 12.4 Å². The van der Waals surface area contributed by atoms with E-state index in [2.05, 4.69) is 0 Å². The molecule has 0 spiro atoms. The van der Waals surface area contributed by atoms with E-state index in [4.69, 9.17) is 9.72 Å². The monoisotopic (exact) mass is 387 g/mol. The number of hydrogen-bond donors (Lipinski definition) is 1. The van der Waals surface area contributed by atoms with Gasteiger partial charge in [-0.25, -0.2) is 9.37 Å². The largest absolute Gasteiger partial charge is 0.493 e. The van der Waals surface area contributed by atoms with Crippen molar-refractivity contribution in [3.63, 3.8) is 0 Å². The Hall–Kier alpha value is -3.24. The first kappa shape index (κ1) is 19.1. The van der Waals surface area contributed by atoms with Gasteiger partial charge in [0.15, 0.2) is 0 Å². The molecular weight excluding hydrogens is 365 g/mol. The van der Waals surface area contributed by atoms with Crippen LogP contribution >= 0.6 is 0 Å². The van der Waals surface area contributed by atoms with Crippen LogP contribution in [0.25, 0.3) is 33.3 Å². The predicted molar refractivity (Wildman–Crippen MR) is 114 cm³/mol. The Bertz CT molecular complexity index is 1170. The first-order valence-electron chi connectivity index (χ1n) is 9.64. The standard InChI is InChI=1S/C25H22FNO2/c1-3-29-24-7-5-4-6-20(24)17-8-10-18(11-9-17)25-16(2)22(15-28)21-14-19(26)12-13-23(21)27-25/h4-14,28H,3,15H2,1-2H3. The number of nitrogens with zero attached hydrogens (tertiary/aromatic N) is 1. The predicted octanol–water partition coefficient (Wildman–Crippen LogP) is 5.91. The number of benzene rings is 3. The van der Waals surface area contributed by atoms with Crippen molar-refractivity contribution in [3.8, 4) is 28.1 Å². The molecule has 0 bridgehead atoms. The second-order valence-corrected chi connectivity index (χ2v) is 6.89. The molecule has 1 heterocycles. The van der Waals surface area contributed by atoms with Gasteiger partial charge in [-0.3, -0.25) is 0 Å². The van der Waals surface area contributed by atoms with Crippen LogP contribution in [-0.4, -0.2) is 16.7 Å². The van der Waals surface area contributed by atoms with Gasteiger partial charge < -0.3 is 9.84 Å². The summed E-state index contributed by atoms with van der Waals surface area (Å²) >= 11 is 0. The highest BCUT2D eigenvalue weighted by Gasteiger charge is 2.14. The molecule has 1 N–H and O–H groups in total. The summed E-state index contributed by atoms with van der Waals surface area (Å²) in [6.07, 6.45) is 0. The first-order chi connectivity index (χ1) is 14.1. The van der Waals surface area contributed by atoms with Crippen LogP contribution in [0.4, 0.5) is 4.39 Å². The molecule has 0 radical (unpaired) electrons. The number of pyridine rings is 1. The van der Waals surface area contributed by atoms with E-state index in [0.717, 1.165) is 33.7 Å². The summed E-state index contributed by atoms with van der Waals surface area (Å²) in [6, 6.07) is 20.6. The molecule has 3 nitrogen and oxygen atoms in total. The minimum atomic E-state index is -0.335. The van der Waals surface area contributed by atoms with Crippen molar-refractivity contribution in [3.05, 3.63) is 83.7 Å². The SMILES string of the molecule is CCOc1ccccc1-c1ccc(-c2nc3ccc(F)cc3c(CO)c2C)cc1. The zero-order chi connectivity index (χ0) is 20.4. The number of hydrogen-bond acceptors (Lipinski definition) is 3. The van der Waals surface area contributed by atoms with Crippen LogP contribution in [-0.2, 0) is 6.61 Å². The highest BCUT2D eigenvalue weighted by atomic mass is 19.1. The van der Waals surface area contributed by atoms with Gasteiger partial charge in [-0.1, -0.05) is 42.5 Å². The van der Waals surface area contributed by atoms with Gasteiger partial charge >= 0.3 is 0 Å². The Kier molecular flexibility index (Phi) is 5.28. The fourth-order valence-electron chi connectivity index (χ4n) is 3.68. The second kappa shape index (κ2) is 8.02. The summed E-state index contributed by atoms with van der Waals surface area (Å²) < 4.78 is 19.4. The quantitative estimate of drug-likeness (QED) is 0.463. The summed E-state index contributed by atoms with van der Waals surface area (Å²) in [5, 5.41) is 10.5. The van der Waals surface area contributed by atoms with E-state index >= 15 is 0 Å². The smallest absolute Gasteiger partial charge is 0.127 e. The summed E-state index contributed by atoms with van der Waals surface area (Å²) in [5.41, 5.74) is 6.06. The Morgan fingerprint density at radius 2 is 1.69 bits per heavy atom. The van der Waals surface area contributed by atoms with Gasteiger partial charge in [-0.15, -0.1) is 0 Å². The number of aliphatic hydroxyl groups is 1. The molecule has 0 unspecified atom stereocenters. The maximum Gasteiger partial charge on any atom is 0.127 e. The van der Waals surface area contributed by atoms with Gasteiger partial charge in [0.2, 0.25) is 0 Å². The zero-order valence-corrected chi connectivity index (χ0v) is 16.4. The van der Waals surface area contributed by atoms with Crippen molar-refractivity contribution in [1.82, 2.24) is 4.98 Å². The lowest BCUT2D eigenvalue weighted by Crippen LogP contribution is -1.99. The van der Waals surface area contributed by atoms with Crippen molar-refractivity contribution in [2.75, 3.05) is 6.61 Å². The molecule has 4 rings (SSSR count). The van der Waals surface area contributed by atoms with Gasteiger partial charge in [0.1, 0.15) is 11.6 Å². The molecule has 0 saturated carbocycles. The number of aromatic nitrogens is 1. The minimum Gasteiger partial charge on any atom is -0.493 e. The van der Waals surface area contributed by atoms with E-state index in [0.29, 0.717) is 23.1 Å². The molecule has 0 fully saturated rings. The molecular formula is C25H22FNO2. The third-order valence-electron chi connectivity index (χ3n) is 5.14. The fourth-order valence-corrected chi connectivity index (χ4v) is 3.68. The number of halogens is 1. The van der Waals surface area contributed by atoms with Gasteiger partial charge in [-0.05, 0) is 54.8 Å². The first-order valence-corrected chi connectivity index (χ1v) is 9.64. The summed E-state index contributed by atoms with van der Waals surface area (Å²) in [5.74, 6) is 0.519. The third-order valence-corrected chi connectivity index (χ3v) is 5.14. The number of aliphatic hydroxyl groups excluding tert-OH is 1. The van der Waals surface area contributed by atoms with Gasteiger partial charge in [0, 0.05) is 16.5 Å². The molecule has 0 aliphatic carbocycles. The molecule has 0 atom stereocenters. The van der Waals surface area contributed by atoms with Crippen LogP contribution in [0.15, 0.2) is 66.7 Å². The Morgan fingerprint density at radius 3 is 2.41 bits per heavy atom. The van der Waals surface area contributed by atoms with E-state index in [1.54, 1.807) is 6.07 Å². The van der Waals surface area contributed by atoms with Crippen molar-refractivity contribution in [1.29, 1.82) is 0 Å². The van der Waals surface area contributed by atoms with E-state index in [1.807, 2.05) is 62.4 Å². The number of ether oxygens (including phenoxy) is 1. The average molecular weight is 387 g/mol. The normalized spacial score (nSPS) is 11.0. The van der Waals surface area contributed by atoms with Gasteiger partial charge in [-0.2, -0.15) is 0 Å². The average Bonchev–Trinajstić information content (AvgIpc) is 2.74. The lowest BCUT2D eigenvalue weighted by atomic mass is 9.96. The minimum absolute atomic E-state index is 0.166. The molecule has 4 aromatic rings. The summed E-state index contributed by atoms with van der Waals surface area (Å²) in [4.78, 5) is 4.74. The lowest BCUT2D eigenvalue weighted by molar-refractivity contribution is 0.282. The summed E-state index contributed by atoms with van der Waals surface area (Å²) in [7, 11) is 0. The van der Waals surface area contributed by atoms with Crippen molar-refractivity contribution >= 4 is 10.9 Å². The molecule has 0 amide bonds. The zero-order valence-electron chi connectivity index (χ0n) is 16.4. The maximum absolute atomic E-state index is 13.7. The van der Waals surface area contributed by atoms with E-state index < -0.39 is 0 Å². The van der Waals surface area contributed by atoms with Crippen molar-refractivity contribution in [2.24, 2.45) is 0 Å². The molecule has 0 saturated heterocycles. The van der Waals surface area contributed by atoms with Crippen LogP contribution in [0, 0.1) is 12.7 Å². The van der Waals surface area contributed by atoms with Crippen LogP contribution in [0.5, 0.6) is 5.75 Å². The van der Waals surface area contributed by atoms with Crippen LogP contribution in [0.3, 0.4) is 0 Å². The van der Waals surface area contributed by atoms with Crippen LogP contribution < -0.4 is 4.74 Å². The van der Waals surface area contributed by atoms with E-state index in [9.17, 15) is 9.50 Å². The van der Waals surface area contributed by atoms with Crippen molar-refractivity contribution in [2.45, 2.75) is 20.5 Å². The second-order valence-electron chi connectivity index (χ2n) is 6.89. The van der Waals surface area contributed by atoms with Crippen LogP contribution in [0.2, 0.25) is 0 Å². The van der Waals surface area contributed by atoms with E-state index in [1.165, 1.54) is 12.1 Å². The highest BCUT2D eigenvalue weighted by molar-refractivity contribution is 5.87. The molecule has 3 aromatic carbocycles. The fraction of sp³-hybridized carbons (Fsp3) is 0.160. The molecule has 1 aromatic heterocycles. The third kappa shape index (κ3) is 3.59. The number of para-hydroxylation sites is 1. The molecule has 0 aliphatic rings. The topological polar surface area (TPSA) is 42.4 Å². The Morgan fingerprint density at radius 1 is 0.966 bits per heavy atom. The molecule has 0 aliphatic heterocycles. The van der Waals surface area contributed by atoms with Crippen molar-refractivity contribution < 1.29 is 14.2 Å². The number of rotatable bonds is 5. The Balaban J connectivity index is 1.80. The number of fused-ring (bicyclic) bond motifs is 1. The summed E-state index contributed by atoms with van der Waals surface area (Å²) in [6.45, 7) is 4.33. The van der Waals surface area contributed by atoms with Gasteiger partial charge in [0.05, 0.1) is 24.4 Å². The van der Waals surface area contributed by atoms with Gasteiger partial charge in [0.25, 0.3) is 0 Å². The maximum atomic E-state index is 13.7.